The fourth-order valence-electron chi connectivity index (χ4n) is 2.75. The zero-order valence-corrected chi connectivity index (χ0v) is 15.1. The van der Waals surface area contributed by atoms with Crippen molar-refractivity contribution in [3.8, 4) is 5.75 Å². The summed E-state index contributed by atoms with van der Waals surface area (Å²) in [7, 11) is -2.33. The summed E-state index contributed by atoms with van der Waals surface area (Å²) in [6.45, 7) is 4.04. The van der Waals surface area contributed by atoms with E-state index in [9.17, 15) is 12.8 Å². The second-order valence-corrected chi connectivity index (χ2v) is 7.28. The van der Waals surface area contributed by atoms with Gasteiger partial charge in [0.05, 0.1) is 12.0 Å². The summed E-state index contributed by atoms with van der Waals surface area (Å²) in [6, 6.07) is 3.69. The lowest BCUT2D eigenvalue weighted by atomic mass is 10.1. The number of hydrogen-bond acceptors (Lipinski definition) is 4. The van der Waals surface area contributed by atoms with E-state index < -0.39 is 15.8 Å². The van der Waals surface area contributed by atoms with Crippen LogP contribution in [-0.4, -0.2) is 45.5 Å². The Hall–Kier alpha value is -0.890. The van der Waals surface area contributed by atoms with Crippen LogP contribution in [0, 0.1) is 5.82 Å². The Morgan fingerprint density at radius 3 is 2.57 bits per heavy atom. The van der Waals surface area contributed by atoms with Crippen molar-refractivity contribution in [1.82, 2.24) is 9.62 Å². The summed E-state index contributed by atoms with van der Waals surface area (Å²) in [4.78, 5) is 0.0812. The van der Waals surface area contributed by atoms with Crippen LogP contribution >= 0.6 is 12.4 Å². The molecule has 2 rings (SSSR count). The van der Waals surface area contributed by atoms with Crippen LogP contribution in [0.4, 0.5) is 4.39 Å². The van der Waals surface area contributed by atoms with Crippen LogP contribution in [0.25, 0.3) is 0 Å². The molecule has 0 radical (unpaired) electrons. The van der Waals surface area contributed by atoms with Gasteiger partial charge in [-0.25, -0.2) is 12.8 Å². The van der Waals surface area contributed by atoms with Crippen molar-refractivity contribution in [2.45, 2.75) is 37.1 Å². The van der Waals surface area contributed by atoms with Crippen LogP contribution in [0.15, 0.2) is 23.1 Å². The highest BCUT2D eigenvalue weighted by atomic mass is 35.5. The molecule has 1 heterocycles. The summed E-state index contributed by atoms with van der Waals surface area (Å²) in [5, 5.41) is 3.24. The molecule has 23 heavy (non-hydrogen) atoms. The van der Waals surface area contributed by atoms with E-state index in [-0.39, 0.29) is 29.1 Å². The maximum Gasteiger partial charge on any atom is 0.243 e. The average molecular weight is 367 g/mol. The first kappa shape index (κ1) is 20.2. The van der Waals surface area contributed by atoms with E-state index in [2.05, 4.69) is 5.32 Å². The van der Waals surface area contributed by atoms with Crippen molar-refractivity contribution >= 4 is 22.4 Å². The number of methoxy groups -OCH3 is 1. The molecular formula is C15H24ClFN2O3S. The zero-order valence-electron chi connectivity index (χ0n) is 13.4. The van der Waals surface area contributed by atoms with Gasteiger partial charge in [0.15, 0.2) is 11.6 Å². The minimum atomic E-state index is -3.65. The number of ether oxygens (including phenoxy) is 1. The standard InChI is InChI=1S/C15H23FN2O3S.ClH/c1-3-10-18(12-6-8-17-9-7-12)22(19,20)13-4-5-14(16)15(11-13)21-2;/h4-5,11-12,17H,3,6-10H2,1-2H3;1H. The lowest BCUT2D eigenvalue weighted by molar-refractivity contribution is 0.262. The van der Waals surface area contributed by atoms with Crippen molar-refractivity contribution in [3.63, 3.8) is 0 Å². The van der Waals surface area contributed by atoms with Gasteiger partial charge in [-0.2, -0.15) is 4.31 Å². The normalized spacial score (nSPS) is 16.2. The summed E-state index contributed by atoms with van der Waals surface area (Å²) in [5.41, 5.74) is 0. The highest BCUT2D eigenvalue weighted by Gasteiger charge is 2.32. The predicted octanol–water partition coefficient (Wildman–Crippen LogP) is 2.41. The lowest BCUT2D eigenvalue weighted by Gasteiger charge is -2.33. The van der Waals surface area contributed by atoms with Gasteiger partial charge in [-0.05, 0) is 44.5 Å². The number of hydrogen-bond donors (Lipinski definition) is 1. The van der Waals surface area contributed by atoms with Crippen molar-refractivity contribution in [1.29, 1.82) is 0 Å². The van der Waals surface area contributed by atoms with Gasteiger partial charge in [0, 0.05) is 18.7 Å². The second-order valence-electron chi connectivity index (χ2n) is 5.39. The lowest BCUT2D eigenvalue weighted by Crippen LogP contribution is -2.46. The van der Waals surface area contributed by atoms with Gasteiger partial charge < -0.3 is 10.1 Å². The molecule has 1 N–H and O–H groups in total. The Labute approximate surface area is 143 Å². The third-order valence-corrected chi connectivity index (χ3v) is 5.84. The Morgan fingerprint density at radius 1 is 1.35 bits per heavy atom. The maximum atomic E-state index is 13.5. The van der Waals surface area contributed by atoms with E-state index in [1.54, 1.807) is 4.31 Å². The molecule has 0 saturated carbocycles. The van der Waals surface area contributed by atoms with Crippen LogP contribution in [0.5, 0.6) is 5.75 Å². The minimum absolute atomic E-state index is 0. The second kappa shape index (κ2) is 8.82. The average Bonchev–Trinajstić information content (AvgIpc) is 2.53. The number of nitrogens with zero attached hydrogens (tertiary/aromatic N) is 1. The van der Waals surface area contributed by atoms with E-state index in [1.165, 1.54) is 19.2 Å². The molecule has 0 atom stereocenters. The van der Waals surface area contributed by atoms with Gasteiger partial charge in [-0.15, -0.1) is 12.4 Å². The minimum Gasteiger partial charge on any atom is -0.494 e. The zero-order chi connectivity index (χ0) is 16.2. The number of piperidine rings is 1. The number of nitrogens with one attached hydrogen (secondary N) is 1. The first-order valence-corrected chi connectivity index (χ1v) is 9.00. The largest absolute Gasteiger partial charge is 0.494 e. The molecule has 0 aromatic heterocycles. The van der Waals surface area contributed by atoms with Crippen LogP contribution < -0.4 is 10.1 Å². The number of sulfonamides is 1. The number of halogens is 2. The van der Waals surface area contributed by atoms with Gasteiger partial charge in [0.1, 0.15) is 0 Å². The topological polar surface area (TPSA) is 58.6 Å². The molecule has 0 spiro atoms. The number of rotatable bonds is 6. The molecular weight excluding hydrogens is 343 g/mol. The van der Waals surface area contributed by atoms with Gasteiger partial charge >= 0.3 is 0 Å². The molecule has 8 heteroatoms. The molecule has 1 saturated heterocycles. The van der Waals surface area contributed by atoms with E-state index >= 15 is 0 Å². The van der Waals surface area contributed by atoms with Crippen molar-refractivity contribution in [3.05, 3.63) is 24.0 Å². The monoisotopic (exact) mass is 366 g/mol. The first-order chi connectivity index (χ1) is 10.5. The van der Waals surface area contributed by atoms with Crippen LogP contribution in [-0.2, 0) is 10.0 Å². The maximum absolute atomic E-state index is 13.5. The Bertz CT molecular complexity index is 607. The smallest absolute Gasteiger partial charge is 0.243 e. The Balaban J connectivity index is 0.00000264. The molecule has 0 amide bonds. The Kier molecular flexibility index (Phi) is 7.73. The Morgan fingerprint density at radius 2 is 2.00 bits per heavy atom. The summed E-state index contributed by atoms with van der Waals surface area (Å²) in [5.74, 6) is -0.617. The fourth-order valence-corrected chi connectivity index (χ4v) is 4.54. The SMILES string of the molecule is CCCN(C1CCNCC1)S(=O)(=O)c1ccc(F)c(OC)c1.Cl. The molecule has 132 valence electrons. The van der Waals surface area contributed by atoms with E-state index in [4.69, 9.17) is 4.74 Å². The third kappa shape index (κ3) is 4.56. The molecule has 1 aromatic rings. The van der Waals surface area contributed by atoms with Crippen molar-refractivity contribution < 1.29 is 17.5 Å². The third-order valence-electron chi connectivity index (χ3n) is 3.89. The molecule has 0 unspecified atom stereocenters. The molecule has 1 aliphatic rings. The van der Waals surface area contributed by atoms with Gasteiger partial charge in [0.25, 0.3) is 0 Å². The molecule has 1 fully saturated rings. The van der Waals surface area contributed by atoms with Crippen LogP contribution in [0.3, 0.4) is 0 Å². The van der Waals surface area contributed by atoms with E-state index in [0.29, 0.717) is 6.54 Å². The van der Waals surface area contributed by atoms with Gasteiger partial charge in [0.2, 0.25) is 10.0 Å². The van der Waals surface area contributed by atoms with Gasteiger partial charge in [-0.3, -0.25) is 0 Å². The van der Waals surface area contributed by atoms with E-state index in [0.717, 1.165) is 38.4 Å². The molecule has 0 bridgehead atoms. The quantitative estimate of drug-likeness (QED) is 0.840. The first-order valence-electron chi connectivity index (χ1n) is 7.56. The van der Waals surface area contributed by atoms with E-state index in [1.807, 2.05) is 6.92 Å². The fraction of sp³-hybridized carbons (Fsp3) is 0.600. The van der Waals surface area contributed by atoms with Crippen LogP contribution in [0.2, 0.25) is 0 Å². The summed E-state index contributed by atoms with van der Waals surface area (Å²) >= 11 is 0. The predicted molar refractivity (Wildman–Crippen MR) is 90.3 cm³/mol. The van der Waals surface area contributed by atoms with Crippen molar-refractivity contribution in [2.24, 2.45) is 0 Å². The molecule has 0 aliphatic carbocycles. The van der Waals surface area contributed by atoms with Gasteiger partial charge in [-0.1, -0.05) is 6.92 Å². The number of benzene rings is 1. The summed E-state index contributed by atoms with van der Waals surface area (Å²) in [6.07, 6.45) is 2.32. The molecule has 5 nitrogen and oxygen atoms in total. The van der Waals surface area contributed by atoms with Crippen LogP contribution in [0.1, 0.15) is 26.2 Å². The molecule has 1 aromatic carbocycles. The van der Waals surface area contributed by atoms with Crippen molar-refractivity contribution in [2.75, 3.05) is 26.7 Å². The highest BCUT2D eigenvalue weighted by Crippen LogP contribution is 2.27. The highest BCUT2D eigenvalue weighted by molar-refractivity contribution is 7.89. The summed E-state index contributed by atoms with van der Waals surface area (Å²) < 4.78 is 45.8. The molecule has 1 aliphatic heterocycles.